The number of carbonyl (C=O) groups is 3. The van der Waals surface area contributed by atoms with Crippen LogP contribution < -0.4 is 11.1 Å². The number of hydrogen-bond acceptors (Lipinski definition) is 7. The third-order valence-corrected chi connectivity index (χ3v) is 6.49. The molecule has 0 unspecified atom stereocenters. The molecule has 0 aliphatic heterocycles. The number of aryl methyl sites for hydroxylation is 1. The predicted molar refractivity (Wildman–Crippen MR) is 123 cm³/mol. The average molecular weight is 460 g/mol. The highest BCUT2D eigenvalue weighted by molar-refractivity contribution is 7.18. The molecule has 0 bridgehead atoms. The lowest BCUT2D eigenvalue weighted by atomic mass is 10.1. The summed E-state index contributed by atoms with van der Waals surface area (Å²) < 4.78 is 10.1. The van der Waals surface area contributed by atoms with Crippen molar-refractivity contribution >= 4 is 34.1 Å². The second kappa shape index (κ2) is 10.7. The van der Waals surface area contributed by atoms with Crippen LogP contribution in [0.15, 0.2) is 24.3 Å². The van der Waals surface area contributed by atoms with Gasteiger partial charge in [0, 0.05) is 19.7 Å². The van der Waals surface area contributed by atoms with E-state index in [0.29, 0.717) is 18.2 Å². The second-order valence-corrected chi connectivity index (χ2v) is 8.94. The van der Waals surface area contributed by atoms with E-state index in [1.165, 1.54) is 12.7 Å². The molecular formula is C23H29N3O5S. The second-order valence-electron chi connectivity index (χ2n) is 7.92. The number of hydrogen-bond donors (Lipinski definition) is 2. The summed E-state index contributed by atoms with van der Waals surface area (Å²) in [6.45, 7) is 4.81. The first-order valence-electron chi connectivity index (χ1n) is 10.5. The summed E-state index contributed by atoms with van der Waals surface area (Å²) in [7, 11) is 1.50. The van der Waals surface area contributed by atoms with Gasteiger partial charge in [-0.2, -0.15) is 0 Å². The molecule has 0 saturated heterocycles. The van der Waals surface area contributed by atoms with Crippen molar-refractivity contribution in [3.63, 3.8) is 0 Å². The highest BCUT2D eigenvalue weighted by Crippen LogP contribution is 2.34. The quantitative estimate of drug-likeness (QED) is 0.395. The third-order valence-electron chi connectivity index (χ3n) is 5.26. The summed E-state index contributed by atoms with van der Waals surface area (Å²) in [5, 5.41) is 3.08. The van der Waals surface area contributed by atoms with Gasteiger partial charge in [-0.1, -0.05) is 29.8 Å². The van der Waals surface area contributed by atoms with Gasteiger partial charge in [-0.15, -0.1) is 11.3 Å². The van der Waals surface area contributed by atoms with Crippen LogP contribution >= 0.6 is 11.3 Å². The van der Waals surface area contributed by atoms with Gasteiger partial charge < -0.3 is 20.5 Å². The van der Waals surface area contributed by atoms with Gasteiger partial charge in [0.05, 0.1) is 23.6 Å². The van der Waals surface area contributed by atoms with Crippen LogP contribution in [-0.2, 0) is 20.8 Å². The monoisotopic (exact) mass is 459 g/mol. The van der Waals surface area contributed by atoms with E-state index in [0.717, 1.165) is 29.7 Å². The van der Waals surface area contributed by atoms with Crippen molar-refractivity contribution in [2.45, 2.75) is 39.3 Å². The fraction of sp³-hybridized carbons (Fsp3) is 0.435. The number of nitrogens with zero attached hydrogens (tertiary/aromatic N) is 1. The molecule has 0 radical (unpaired) electrons. The van der Waals surface area contributed by atoms with Crippen LogP contribution in [0.5, 0.6) is 0 Å². The molecular weight excluding hydrogens is 430 g/mol. The normalized spacial score (nSPS) is 13.2. The summed E-state index contributed by atoms with van der Waals surface area (Å²) in [5.74, 6) is -1.54. The Hall–Kier alpha value is -2.75. The number of carbonyl (C=O) groups excluding carboxylic acids is 3. The molecule has 1 aromatic carbocycles. The minimum absolute atomic E-state index is 0.0654. The Morgan fingerprint density at radius 2 is 1.84 bits per heavy atom. The zero-order valence-electron chi connectivity index (χ0n) is 18.6. The molecule has 8 nitrogen and oxygen atoms in total. The average Bonchev–Trinajstić information content (AvgIpc) is 3.53. The number of anilines is 1. The molecule has 0 atom stereocenters. The minimum Gasteiger partial charge on any atom is -0.460 e. The highest BCUT2D eigenvalue weighted by Gasteiger charge is 2.31. The van der Waals surface area contributed by atoms with E-state index in [1.54, 1.807) is 6.92 Å². The zero-order valence-corrected chi connectivity index (χ0v) is 19.4. The number of esters is 1. The molecule has 32 heavy (non-hydrogen) atoms. The van der Waals surface area contributed by atoms with Crippen LogP contribution in [-0.4, -0.2) is 55.6 Å². The van der Waals surface area contributed by atoms with Crippen LogP contribution in [0, 0.1) is 13.8 Å². The maximum Gasteiger partial charge on any atom is 0.341 e. The van der Waals surface area contributed by atoms with E-state index in [4.69, 9.17) is 15.2 Å². The van der Waals surface area contributed by atoms with Crippen LogP contribution in [0.3, 0.4) is 0 Å². The van der Waals surface area contributed by atoms with Gasteiger partial charge in [-0.25, -0.2) is 4.79 Å². The molecule has 0 spiro atoms. The smallest absolute Gasteiger partial charge is 0.341 e. The fourth-order valence-corrected chi connectivity index (χ4v) is 4.47. The van der Waals surface area contributed by atoms with Gasteiger partial charge in [0.25, 0.3) is 5.91 Å². The summed E-state index contributed by atoms with van der Waals surface area (Å²) in [6, 6.07) is 8.62. The van der Waals surface area contributed by atoms with Gasteiger partial charge in [0.2, 0.25) is 5.91 Å². The Labute approximate surface area is 191 Å². The molecule has 2 amide bonds. The summed E-state index contributed by atoms with van der Waals surface area (Å²) >= 11 is 0.990. The van der Waals surface area contributed by atoms with Gasteiger partial charge in [-0.05, 0) is 37.8 Å². The molecule has 1 aromatic heterocycles. The van der Waals surface area contributed by atoms with Crippen molar-refractivity contribution in [3.8, 4) is 0 Å². The number of rotatable bonds is 11. The SMILES string of the molecule is COCCOC(=O)c1c(NC(=O)CN(Cc2ccc(C)cc2)C2CC2)sc(C(N)=O)c1C. The summed E-state index contributed by atoms with van der Waals surface area (Å²) in [5.41, 5.74) is 8.34. The summed E-state index contributed by atoms with van der Waals surface area (Å²) in [4.78, 5) is 39.6. The van der Waals surface area contributed by atoms with Gasteiger partial charge >= 0.3 is 5.97 Å². The molecule has 1 aliphatic rings. The molecule has 9 heteroatoms. The van der Waals surface area contributed by atoms with Crippen molar-refractivity contribution in [2.75, 3.05) is 32.2 Å². The molecule has 3 rings (SSSR count). The van der Waals surface area contributed by atoms with E-state index >= 15 is 0 Å². The third kappa shape index (κ3) is 6.15. The number of benzene rings is 1. The molecule has 1 heterocycles. The maximum atomic E-state index is 12.9. The van der Waals surface area contributed by atoms with Crippen molar-refractivity contribution in [1.82, 2.24) is 4.90 Å². The predicted octanol–water partition coefficient (Wildman–Crippen LogP) is 2.87. The molecule has 2 aromatic rings. The Morgan fingerprint density at radius 1 is 1.16 bits per heavy atom. The lowest BCUT2D eigenvalue weighted by Gasteiger charge is -2.21. The zero-order chi connectivity index (χ0) is 23.3. The fourth-order valence-electron chi connectivity index (χ4n) is 3.40. The maximum absolute atomic E-state index is 12.9. The minimum atomic E-state index is -0.655. The number of primary amides is 1. The van der Waals surface area contributed by atoms with E-state index in [9.17, 15) is 14.4 Å². The van der Waals surface area contributed by atoms with Crippen molar-refractivity contribution in [3.05, 3.63) is 51.4 Å². The first-order valence-corrected chi connectivity index (χ1v) is 11.3. The van der Waals surface area contributed by atoms with Gasteiger partial charge in [0.15, 0.2) is 0 Å². The van der Waals surface area contributed by atoms with Crippen LogP contribution in [0.1, 0.15) is 49.6 Å². The van der Waals surface area contributed by atoms with Gasteiger partial charge in [-0.3, -0.25) is 14.5 Å². The van der Waals surface area contributed by atoms with Crippen molar-refractivity contribution in [2.24, 2.45) is 5.73 Å². The topological polar surface area (TPSA) is 111 Å². The largest absolute Gasteiger partial charge is 0.460 e. The Balaban J connectivity index is 1.73. The van der Waals surface area contributed by atoms with Crippen LogP contribution in [0.25, 0.3) is 0 Å². The Bertz CT molecular complexity index is 982. The highest BCUT2D eigenvalue weighted by atomic mass is 32.1. The van der Waals surface area contributed by atoms with Crippen LogP contribution in [0.4, 0.5) is 5.00 Å². The number of thiophene rings is 1. The number of ether oxygens (including phenoxy) is 2. The molecule has 172 valence electrons. The van der Waals surface area contributed by atoms with Crippen molar-refractivity contribution in [1.29, 1.82) is 0 Å². The Kier molecular flexibility index (Phi) is 8.00. The first-order chi connectivity index (χ1) is 15.3. The van der Waals surface area contributed by atoms with Crippen molar-refractivity contribution < 1.29 is 23.9 Å². The summed E-state index contributed by atoms with van der Waals surface area (Å²) in [6.07, 6.45) is 2.11. The standard InChI is InChI=1S/C23H29N3O5S/c1-14-4-6-16(7-5-14)12-26(17-8-9-17)13-18(27)25-22-19(23(29)31-11-10-30-3)15(2)20(32-22)21(24)28/h4-7,17H,8-13H2,1-3H3,(H2,24,28)(H,25,27). The van der Waals surface area contributed by atoms with Gasteiger partial charge in [0.1, 0.15) is 11.6 Å². The molecule has 1 saturated carbocycles. The number of amides is 2. The van der Waals surface area contributed by atoms with E-state index < -0.39 is 11.9 Å². The van der Waals surface area contributed by atoms with E-state index in [2.05, 4.69) is 34.5 Å². The molecule has 3 N–H and O–H groups in total. The lowest BCUT2D eigenvalue weighted by molar-refractivity contribution is -0.117. The number of nitrogens with one attached hydrogen (secondary N) is 1. The van der Waals surface area contributed by atoms with Crippen LogP contribution in [0.2, 0.25) is 0 Å². The molecule has 1 aliphatic carbocycles. The number of nitrogens with two attached hydrogens (primary N) is 1. The van der Waals surface area contributed by atoms with E-state index in [1.807, 2.05) is 6.92 Å². The molecule has 1 fully saturated rings. The number of methoxy groups -OCH3 is 1. The Morgan fingerprint density at radius 3 is 2.44 bits per heavy atom. The van der Waals surface area contributed by atoms with E-state index in [-0.39, 0.29) is 41.1 Å². The lowest BCUT2D eigenvalue weighted by Crippen LogP contribution is -2.34. The first kappa shape index (κ1) is 23.9.